The van der Waals surface area contributed by atoms with Crippen molar-refractivity contribution >= 4 is 28.6 Å². The zero-order valence-corrected chi connectivity index (χ0v) is 17.5. The molecule has 0 fully saturated rings. The van der Waals surface area contributed by atoms with Crippen LogP contribution in [0.4, 0.5) is 0 Å². The molecule has 0 amide bonds. The maximum atomic E-state index is 11.3. The Morgan fingerprint density at radius 1 is 1.13 bits per heavy atom. The summed E-state index contributed by atoms with van der Waals surface area (Å²) in [5.41, 5.74) is 5.54. The number of hydrogen-bond donors (Lipinski definition) is 2. The second kappa shape index (κ2) is 8.20. The zero-order chi connectivity index (χ0) is 21.3. The van der Waals surface area contributed by atoms with E-state index in [0.29, 0.717) is 21.9 Å². The van der Waals surface area contributed by atoms with Gasteiger partial charge in [0.2, 0.25) is 0 Å². The minimum absolute atomic E-state index is 0.195. The van der Waals surface area contributed by atoms with Gasteiger partial charge in [0, 0.05) is 5.56 Å². The summed E-state index contributed by atoms with van der Waals surface area (Å²) in [6, 6.07) is 17.3. The highest BCUT2D eigenvalue weighted by Gasteiger charge is 2.13. The van der Waals surface area contributed by atoms with Gasteiger partial charge < -0.3 is 14.8 Å². The Morgan fingerprint density at radius 2 is 1.90 bits per heavy atom. The molecule has 0 atom stereocenters. The molecule has 2 N–H and O–H groups in total. The minimum atomic E-state index is -0.996. The number of aromatic carboxylic acids is 1. The second-order valence-electron chi connectivity index (χ2n) is 7.22. The van der Waals surface area contributed by atoms with Crippen LogP contribution in [0.15, 0.2) is 54.6 Å². The number of hydrogen-bond acceptors (Lipinski definition) is 3. The first-order valence-electron chi connectivity index (χ1n) is 9.75. The molecule has 0 aliphatic heterocycles. The second-order valence-corrected chi connectivity index (χ2v) is 7.63. The quantitative estimate of drug-likeness (QED) is 0.367. The molecule has 4 rings (SSSR count). The number of carbonyl (C=O) groups is 1. The predicted octanol–water partition coefficient (Wildman–Crippen LogP) is 6.63. The van der Waals surface area contributed by atoms with Gasteiger partial charge in [-0.3, -0.25) is 0 Å². The van der Waals surface area contributed by atoms with Crippen molar-refractivity contribution < 1.29 is 14.6 Å². The minimum Gasteiger partial charge on any atom is -0.478 e. The van der Waals surface area contributed by atoms with Crippen molar-refractivity contribution in [2.75, 3.05) is 0 Å². The van der Waals surface area contributed by atoms with Gasteiger partial charge in [0.15, 0.2) is 0 Å². The van der Waals surface area contributed by atoms with E-state index in [2.05, 4.69) is 41.2 Å². The molecule has 0 spiro atoms. The third kappa shape index (κ3) is 4.02. The highest BCUT2D eigenvalue weighted by molar-refractivity contribution is 6.34. The summed E-state index contributed by atoms with van der Waals surface area (Å²) in [5, 5.41) is 9.91. The molecule has 4 aromatic rings. The smallest absolute Gasteiger partial charge is 0.336 e. The molecular formula is C24H21ClN2O3. The average Bonchev–Trinajstić information content (AvgIpc) is 3.10. The van der Waals surface area contributed by atoms with Crippen LogP contribution in [0, 0.1) is 6.92 Å². The average molecular weight is 421 g/mol. The van der Waals surface area contributed by atoms with E-state index in [1.165, 1.54) is 11.6 Å². The SMILES string of the molecule is CCCc1ccc(-c2cc3nc(Oc4ccc(C)c(C(=O)O)c4)[nH]c3cc2Cl)cc1. The number of nitrogens with one attached hydrogen (secondary N) is 1. The van der Waals surface area contributed by atoms with Gasteiger partial charge in [-0.2, -0.15) is 4.98 Å². The van der Waals surface area contributed by atoms with Crippen LogP contribution >= 0.6 is 11.6 Å². The summed E-state index contributed by atoms with van der Waals surface area (Å²) in [7, 11) is 0. The fourth-order valence-electron chi connectivity index (χ4n) is 3.42. The van der Waals surface area contributed by atoms with E-state index in [-0.39, 0.29) is 11.6 Å². The van der Waals surface area contributed by atoms with Crippen LogP contribution in [0.3, 0.4) is 0 Å². The lowest BCUT2D eigenvalue weighted by Crippen LogP contribution is -2.00. The number of nitrogens with zero attached hydrogens (tertiary/aromatic N) is 1. The van der Waals surface area contributed by atoms with Gasteiger partial charge >= 0.3 is 5.97 Å². The molecule has 0 aliphatic rings. The Bertz CT molecular complexity index is 1230. The number of benzene rings is 3. The van der Waals surface area contributed by atoms with Crippen LogP contribution in [0.1, 0.15) is 34.8 Å². The monoisotopic (exact) mass is 420 g/mol. The molecule has 3 aromatic carbocycles. The van der Waals surface area contributed by atoms with Crippen molar-refractivity contribution in [2.24, 2.45) is 0 Å². The predicted molar refractivity (Wildman–Crippen MR) is 119 cm³/mol. The van der Waals surface area contributed by atoms with E-state index in [1.54, 1.807) is 19.1 Å². The van der Waals surface area contributed by atoms with Crippen LogP contribution in [0.5, 0.6) is 11.8 Å². The summed E-state index contributed by atoms with van der Waals surface area (Å²) in [6.07, 6.45) is 2.16. The molecule has 0 saturated heterocycles. The van der Waals surface area contributed by atoms with Gasteiger partial charge in [0.1, 0.15) is 5.75 Å². The maximum Gasteiger partial charge on any atom is 0.336 e. The van der Waals surface area contributed by atoms with E-state index < -0.39 is 5.97 Å². The van der Waals surface area contributed by atoms with Crippen LogP contribution in [0.2, 0.25) is 5.02 Å². The number of aromatic nitrogens is 2. The number of halogens is 1. The number of imidazole rings is 1. The van der Waals surface area contributed by atoms with Crippen molar-refractivity contribution in [3.8, 4) is 22.9 Å². The molecule has 6 heteroatoms. The molecule has 1 aromatic heterocycles. The fraction of sp³-hybridized carbons (Fsp3) is 0.167. The first-order chi connectivity index (χ1) is 14.4. The lowest BCUT2D eigenvalue weighted by molar-refractivity contribution is 0.0695. The van der Waals surface area contributed by atoms with E-state index in [1.807, 2.05) is 12.1 Å². The van der Waals surface area contributed by atoms with Crippen LogP contribution in [-0.4, -0.2) is 21.0 Å². The number of rotatable bonds is 6. The van der Waals surface area contributed by atoms with Crippen molar-refractivity contribution in [3.63, 3.8) is 0 Å². The van der Waals surface area contributed by atoms with Gasteiger partial charge in [-0.1, -0.05) is 55.3 Å². The number of H-pyrrole nitrogens is 1. The maximum absolute atomic E-state index is 11.3. The number of aromatic amines is 1. The van der Waals surface area contributed by atoms with Crippen LogP contribution in [0.25, 0.3) is 22.2 Å². The van der Waals surface area contributed by atoms with Gasteiger partial charge in [0.25, 0.3) is 6.01 Å². The van der Waals surface area contributed by atoms with Crippen LogP contribution in [-0.2, 0) is 6.42 Å². The Morgan fingerprint density at radius 3 is 2.60 bits per heavy atom. The third-order valence-corrected chi connectivity index (χ3v) is 5.32. The lowest BCUT2D eigenvalue weighted by atomic mass is 10.0. The van der Waals surface area contributed by atoms with Gasteiger partial charge in [0.05, 0.1) is 21.6 Å². The summed E-state index contributed by atoms with van der Waals surface area (Å²) >= 11 is 6.53. The van der Waals surface area contributed by atoms with Gasteiger partial charge in [-0.25, -0.2) is 4.79 Å². The van der Waals surface area contributed by atoms with Crippen molar-refractivity contribution in [2.45, 2.75) is 26.7 Å². The summed E-state index contributed by atoms with van der Waals surface area (Å²) < 4.78 is 5.76. The number of aryl methyl sites for hydroxylation is 2. The molecule has 1 heterocycles. The molecule has 0 aliphatic carbocycles. The number of fused-ring (bicyclic) bond motifs is 1. The van der Waals surface area contributed by atoms with Crippen molar-refractivity contribution in [3.05, 3.63) is 76.3 Å². The zero-order valence-electron chi connectivity index (χ0n) is 16.7. The first kappa shape index (κ1) is 20.0. The molecule has 152 valence electrons. The molecule has 5 nitrogen and oxygen atoms in total. The number of ether oxygens (including phenoxy) is 1. The molecule has 0 saturated carbocycles. The molecular weight excluding hydrogens is 400 g/mol. The van der Waals surface area contributed by atoms with Crippen molar-refractivity contribution in [1.29, 1.82) is 0 Å². The lowest BCUT2D eigenvalue weighted by Gasteiger charge is -2.06. The third-order valence-electron chi connectivity index (χ3n) is 5.01. The molecule has 0 bridgehead atoms. The Kier molecular flexibility index (Phi) is 5.46. The summed E-state index contributed by atoms with van der Waals surface area (Å²) in [5.74, 6) is -0.598. The fourth-order valence-corrected chi connectivity index (χ4v) is 3.70. The van der Waals surface area contributed by atoms with Gasteiger partial charge in [-0.15, -0.1) is 0 Å². The summed E-state index contributed by atoms with van der Waals surface area (Å²) in [4.78, 5) is 18.9. The number of carboxylic acids is 1. The Balaban J connectivity index is 1.65. The topological polar surface area (TPSA) is 75.2 Å². The molecule has 0 unspecified atom stereocenters. The van der Waals surface area contributed by atoms with Gasteiger partial charge in [-0.05, 0) is 54.3 Å². The standard InChI is InChI=1S/C24H21ClN2O3/c1-3-4-15-6-8-16(9-7-15)19-12-21-22(13-20(19)25)27-24(26-21)30-17-10-5-14(2)18(11-17)23(28)29/h5-13H,3-4H2,1-2H3,(H,26,27)(H,28,29). The highest BCUT2D eigenvalue weighted by atomic mass is 35.5. The number of carboxylic acid groups (broad SMARTS) is 1. The van der Waals surface area contributed by atoms with E-state index in [0.717, 1.165) is 29.5 Å². The Labute approximate surface area is 179 Å². The first-order valence-corrected chi connectivity index (χ1v) is 10.1. The highest BCUT2D eigenvalue weighted by Crippen LogP contribution is 2.33. The summed E-state index contributed by atoms with van der Waals surface area (Å²) in [6.45, 7) is 3.90. The van der Waals surface area contributed by atoms with Crippen LogP contribution < -0.4 is 4.74 Å². The van der Waals surface area contributed by atoms with E-state index >= 15 is 0 Å². The normalized spacial score (nSPS) is 11.0. The largest absolute Gasteiger partial charge is 0.478 e. The molecule has 0 radical (unpaired) electrons. The van der Waals surface area contributed by atoms with E-state index in [9.17, 15) is 9.90 Å². The van der Waals surface area contributed by atoms with Crippen molar-refractivity contribution in [1.82, 2.24) is 9.97 Å². The van der Waals surface area contributed by atoms with E-state index in [4.69, 9.17) is 16.3 Å². The Hall–Kier alpha value is -3.31. The molecule has 30 heavy (non-hydrogen) atoms.